The molecule has 0 aromatic carbocycles. The van der Waals surface area contributed by atoms with Gasteiger partial charge in [-0.05, 0) is 32.6 Å². The first kappa shape index (κ1) is 17.2. The van der Waals surface area contributed by atoms with Crippen LogP contribution in [0.3, 0.4) is 0 Å². The van der Waals surface area contributed by atoms with Gasteiger partial charge in [0.15, 0.2) is 0 Å². The number of aryl methyl sites for hydroxylation is 1. The van der Waals surface area contributed by atoms with E-state index in [0.717, 1.165) is 25.7 Å². The molecule has 0 saturated carbocycles. The molecule has 4 rings (SSSR count). The van der Waals surface area contributed by atoms with Crippen LogP contribution in [0, 0.1) is 12.8 Å². The molecule has 1 N–H and O–H groups in total. The minimum Gasteiger partial charge on any atom is -0.381 e. The lowest BCUT2D eigenvalue weighted by molar-refractivity contribution is -0.139. The molecule has 0 bridgehead atoms. The van der Waals surface area contributed by atoms with Gasteiger partial charge in [0.25, 0.3) is 11.5 Å². The molecule has 3 aliphatic rings. The average Bonchev–Trinajstić information content (AvgIpc) is 3.23. The Kier molecular flexibility index (Phi) is 4.52. The normalized spacial score (nSPS) is 26.2. The Bertz CT molecular complexity index is 771. The van der Waals surface area contributed by atoms with Crippen molar-refractivity contribution in [3.05, 3.63) is 27.9 Å². The molecule has 3 saturated heterocycles. The number of aromatic amines is 1. The molecule has 2 amide bonds. The van der Waals surface area contributed by atoms with Gasteiger partial charge in [-0.3, -0.25) is 14.4 Å². The Morgan fingerprint density at radius 3 is 2.46 bits per heavy atom. The van der Waals surface area contributed by atoms with Crippen LogP contribution in [0.4, 0.5) is 0 Å². The zero-order valence-corrected chi connectivity index (χ0v) is 14.9. The average molecular weight is 360 g/mol. The molecule has 26 heavy (non-hydrogen) atoms. The summed E-state index contributed by atoms with van der Waals surface area (Å²) in [5.41, 5.74) is -0.329. The zero-order chi connectivity index (χ0) is 18.3. The van der Waals surface area contributed by atoms with Crippen molar-refractivity contribution < 1.29 is 14.3 Å². The summed E-state index contributed by atoms with van der Waals surface area (Å²) < 4.78 is 5.35. The molecule has 0 spiro atoms. The van der Waals surface area contributed by atoms with E-state index in [1.807, 2.05) is 4.90 Å². The largest absolute Gasteiger partial charge is 0.381 e. The topological polar surface area (TPSA) is 95.6 Å². The van der Waals surface area contributed by atoms with Gasteiger partial charge in [0.05, 0.1) is 12.1 Å². The van der Waals surface area contributed by atoms with Gasteiger partial charge in [0.1, 0.15) is 11.4 Å². The highest BCUT2D eigenvalue weighted by molar-refractivity contribution is 5.94. The fourth-order valence-corrected chi connectivity index (χ4v) is 4.48. The second-order valence-electron chi connectivity index (χ2n) is 7.34. The van der Waals surface area contributed by atoms with E-state index in [-0.39, 0.29) is 35.4 Å². The zero-order valence-electron chi connectivity index (χ0n) is 14.9. The van der Waals surface area contributed by atoms with Gasteiger partial charge < -0.3 is 19.5 Å². The van der Waals surface area contributed by atoms with Crippen molar-refractivity contribution in [3.8, 4) is 0 Å². The fourth-order valence-electron chi connectivity index (χ4n) is 4.48. The van der Waals surface area contributed by atoms with Crippen LogP contribution >= 0.6 is 0 Å². The van der Waals surface area contributed by atoms with Crippen molar-refractivity contribution in [1.29, 1.82) is 0 Å². The maximum absolute atomic E-state index is 12.9. The van der Waals surface area contributed by atoms with Crippen molar-refractivity contribution in [2.45, 2.75) is 44.7 Å². The summed E-state index contributed by atoms with van der Waals surface area (Å²) in [4.78, 5) is 48.2. The third kappa shape index (κ3) is 2.92. The predicted molar refractivity (Wildman–Crippen MR) is 92.7 cm³/mol. The number of nitrogens with one attached hydrogen (secondary N) is 1. The lowest BCUT2D eigenvalue weighted by Gasteiger charge is -2.30. The lowest BCUT2D eigenvalue weighted by Crippen LogP contribution is -2.45. The molecule has 140 valence electrons. The SMILES string of the molecule is Cc1ncc(C(=O)N2CC[C@H]3[C@@H]2CCN3C(=O)C2CCOCC2)c(=O)[nH]1. The molecule has 2 atom stereocenters. The first-order valence-corrected chi connectivity index (χ1v) is 9.31. The molecular formula is C18H24N4O4. The van der Waals surface area contributed by atoms with Crippen LogP contribution in [0.15, 0.2) is 11.0 Å². The molecule has 1 aromatic heterocycles. The Morgan fingerprint density at radius 1 is 1.12 bits per heavy atom. The first-order chi connectivity index (χ1) is 12.6. The van der Waals surface area contributed by atoms with Crippen molar-refractivity contribution >= 4 is 11.8 Å². The van der Waals surface area contributed by atoms with Crippen LogP contribution in [-0.4, -0.2) is 70.0 Å². The third-order valence-electron chi connectivity index (χ3n) is 5.85. The maximum atomic E-state index is 12.9. The van der Waals surface area contributed by atoms with Crippen molar-refractivity contribution in [3.63, 3.8) is 0 Å². The monoisotopic (exact) mass is 360 g/mol. The number of hydrogen-bond donors (Lipinski definition) is 1. The quantitative estimate of drug-likeness (QED) is 0.819. The van der Waals surface area contributed by atoms with E-state index < -0.39 is 5.56 Å². The first-order valence-electron chi connectivity index (χ1n) is 9.31. The number of hydrogen-bond acceptors (Lipinski definition) is 5. The molecule has 8 nitrogen and oxygen atoms in total. The molecule has 3 fully saturated rings. The van der Waals surface area contributed by atoms with Crippen molar-refractivity contribution in [1.82, 2.24) is 19.8 Å². The molecule has 4 heterocycles. The number of carbonyl (C=O) groups excluding carboxylic acids is 2. The van der Waals surface area contributed by atoms with Gasteiger partial charge in [-0.1, -0.05) is 0 Å². The lowest BCUT2D eigenvalue weighted by atomic mass is 9.98. The number of aromatic nitrogens is 2. The number of H-pyrrole nitrogens is 1. The standard InChI is InChI=1S/C18H24N4O4/c1-11-19-10-13(16(23)20-11)18(25)22-7-3-14-15(22)2-6-21(14)17(24)12-4-8-26-9-5-12/h10,12,14-15H,2-9H2,1H3,(H,19,20,23)/t14-,15-/m0/s1. The summed E-state index contributed by atoms with van der Waals surface area (Å²) in [5.74, 6) is 0.438. The smallest absolute Gasteiger partial charge is 0.263 e. The molecule has 0 radical (unpaired) electrons. The van der Waals surface area contributed by atoms with Crippen LogP contribution in [0.1, 0.15) is 41.9 Å². The maximum Gasteiger partial charge on any atom is 0.263 e. The molecule has 1 aromatic rings. The van der Waals surface area contributed by atoms with Crippen LogP contribution in [0.5, 0.6) is 0 Å². The summed E-state index contributed by atoms with van der Waals surface area (Å²) in [6.45, 7) is 4.22. The number of rotatable bonds is 2. The van der Waals surface area contributed by atoms with E-state index in [2.05, 4.69) is 9.97 Å². The second-order valence-corrected chi connectivity index (χ2v) is 7.34. The van der Waals surface area contributed by atoms with Gasteiger partial charge in [-0.2, -0.15) is 0 Å². The van der Waals surface area contributed by atoms with Crippen LogP contribution in [-0.2, 0) is 9.53 Å². The molecule has 8 heteroatoms. The molecule has 3 aliphatic heterocycles. The molecule has 0 unspecified atom stereocenters. The van der Waals surface area contributed by atoms with Gasteiger partial charge in [0.2, 0.25) is 5.91 Å². The van der Waals surface area contributed by atoms with Gasteiger partial charge in [-0.15, -0.1) is 0 Å². The van der Waals surface area contributed by atoms with E-state index in [1.165, 1.54) is 6.20 Å². The highest BCUT2D eigenvalue weighted by Crippen LogP contribution is 2.34. The summed E-state index contributed by atoms with van der Waals surface area (Å²) in [5, 5.41) is 0. The van der Waals surface area contributed by atoms with Gasteiger partial charge >= 0.3 is 0 Å². The minimum atomic E-state index is -0.404. The predicted octanol–water partition coefficient (Wildman–Crippen LogP) is 0.320. The van der Waals surface area contributed by atoms with Gasteiger partial charge in [0, 0.05) is 38.4 Å². The van der Waals surface area contributed by atoms with E-state index in [0.29, 0.717) is 32.1 Å². The minimum absolute atomic E-state index is 0.00741. The third-order valence-corrected chi connectivity index (χ3v) is 5.85. The van der Waals surface area contributed by atoms with E-state index in [4.69, 9.17) is 4.74 Å². The van der Waals surface area contributed by atoms with E-state index >= 15 is 0 Å². The molecular weight excluding hydrogens is 336 g/mol. The number of carbonyl (C=O) groups is 2. The van der Waals surface area contributed by atoms with Crippen LogP contribution in [0.25, 0.3) is 0 Å². The Balaban J connectivity index is 1.48. The highest BCUT2D eigenvalue weighted by atomic mass is 16.5. The number of nitrogens with zero attached hydrogens (tertiary/aromatic N) is 3. The van der Waals surface area contributed by atoms with E-state index in [9.17, 15) is 14.4 Å². The van der Waals surface area contributed by atoms with Crippen LogP contribution in [0.2, 0.25) is 0 Å². The summed E-state index contributed by atoms with van der Waals surface area (Å²) in [6, 6.07) is 0.0544. The Morgan fingerprint density at radius 2 is 1.77 bits per heavy atom. The Labute approximate surface area is 151 Å². The second kappa shape index (κ2) is 6.83. The van der Waals surface area contributed by atoms with Crippen molar-refractivity contribution in [2.24, 2.45) is 5.92 Å². The highest BCUT2D eigenvalue weighted by Gasteiger charge is 2.47. The summed E-state index contributed by atoms with van der Waals surface area (Å²) in [6.07, 6.45) is 4.44. The number of fused-ring (bicyclic) bond motifs is 1. The summed E-state index contributed by atoms with van der Waals surface area (Å²) >= 11 is 0. The molecule has 0 aliphatic carbocycles. The number of amides is 2. The summed E-state index contributed by atoms with van der Waals surface area (Å²) in [7, 11) is 0. The number of ether oxygens (including phenoxy) is 1. The van der Waals surface area contributed by atoms with E-state index in [1.54, 1.807) is 11.8 Å². The van der Waals surface area contributed by atoms with Gasteiger partial charge in [-0.25, -0.2) is 4.98 Å². The number of likely N-dealkylation sites (tertiary alicyclic amines) is 2. The Hall–Kier alpha value is -2.22. The fraction of sp³-hybridized carbons (Fsp3) is 0.667. The van der Waals surface area contributed by atoms with Crippen LogP contribution < -0.4 is 5.56 Å². The van der Waals surface area contributed by atoms with Crippen molar-refractivity contribution in [2.75, 3.05) is 26.3 Å².